The molecule has 110 valence electrons. The van der Waals surface area contributed by atoms with E-state index in [0.717, 1.165) is 19.4 Å². The first-order chi connectivity index (χ1) is 9.47. The van der Waals surface area contributed by atoms with E-state index in [0.29, 0.717) is 12.0 Å². The van der Waals surface area contributed by atoms with E-state index in [-0.39, 0.29) is 11.9 Å². The minimum atomic E-state index is -0.0830. The van der Waals surface area contributed by atoms with Crippen LogP contribution in [0.4, 0.5) is 0 Å². The molecule has 1 aliphatic carbocycles. The first-order valence-corrected chi connectivity index (χ1v) is 7.57. The number of rotatable bonds is 6. The Morgan fingerprint density at radius 1 is 1.25 bits per heavy atom. The van der Waals surface area contributed by atoms with Gasteiger partial charge in [-0.1, -0.05) is 38.1 Å². The molecule has 0 spiro atoms. The number of carbonyl (C=O) groups is 1. The van der Waals surface area contributed by atoms with Crippen molar-refractivity contribution in [2.24, 2.45) is 0 Å². The molecule has 1 amide bonds. The Morgan fingerprint density at radius 2 is 1.85 bits per heavy atom. The molecule has 20 heavy (non-hydrogen) atoms. The molecule has 1 aromatic rings. The zero-order chi connectivity index (χ0) is 14.7. The Bertz CT molecular complexity index is 449. The molecule has 1 N–H and O–H groups in total. The first kappa shape index (κ1) is 15.0. The Balaban J connectivity index is 1.88. The van der Waals surface area contributed by atoms with Gasteiger partial charge < -0.3 is 5.32 Å². The van der Waals surface area contributed by atoms with Crippen LogP contribution in [-0.4, -0.2) is 29.9 Å². The van der Waals surface area contributed by atoms with Gasteiger partial charge in [-0.15, -0.1) is 0 Å². The monoisotopic (exact) mass is 274 g/mol. The molecular formula is C17H26N2O. The second-order valence-electron chi connectivity index (χ2n) is 6.27. The summed E-state index contributed by atoms with van der Waals surface area (Å²) in [5, 5.41) is 3.06. The summed E-state index contributed by atoms with van der Waals surface area (Å²) in [6.07, 6.45) is 2.28. The van der Waals surface area contributed by atoms with Crippen LogP contribution in [0.15, 0.2) is 24.3 Å². The highest BCUT2D eigenvalue weighted by Crippen LogP contribution is 2.19. The predicted octanol–water partition coefficient (Wildman–Crippen LogP) is 2.91. The molecule has 1 aromatic carbocycles. The molecule has 0 unspecified atom stereocenters. The number of nitrogens with zero attached hydrogens (tertiary/aromatic N) is 1. The van der Waals surface area contributed by atoms with E-state index in [1.807, 2.05) is 14.0 Å². The molecule has 1 aliphatic rings. The second kappa shape index (κ2) is 6.40. The van der Waals surface area contributed by atoms with Gasteiger partial charge in [-0.05, 0) is 43.9 Å². The number of nitrogens with one attached hydrogen (secondary N) is 1. The van der Waals surface area contributed by atoms with Crippen LogP contribution in [0.3, 0.4) is 0 Å². The zero-order valence-electron chi connectivity index (χ0n) is 13.0. The van der Waals surface area contributed by atoms with Crippen LogP contribution in [-0.2, 0) is 11.3 Å². The van der Waals surface area contributed by atoms with E-state index in [1.54, 1.807) is 0 Å². The van der Waals surface area contributed by atoms with Crippen molar-refractivity contribution < 1.29 is 4.79 Å². The highest BCUT2D eigenvalue weighted by atomic mass is 16.2. The molecule has 2 rings (SSSR count). The lowest BCUT2D eigenvalue weighted by atomic mass is 10.0. The number of carbonyl (C=O) groups excluding carboxylic acids is 1. The highest BCUT2D eigenvalue weighted by Gasteiger charge is 2.27. The molecule has 0 aliphatic heterocycles. The molecule has 3 nitrogen and oxygen atoms in total. The highest BCUT2D eigenvalue weighted by molar-refractivity contribution is 5.81. The van der Waals surface area contributed by atoms with Gasteiger partial charge in [0.2, 0.25) is 5.91 Å². The summed E-state index contributed by atoms with van der Waals surface area (Å²) in [7, 11) is 2.01. The van der Waals surface area contributed by atoms with Gasteiger partial charge >= 0.3 is 0 Å². The summed E-state index contributed by atoms with van der Waals surface area (Å²) in [6, 6.07) is 9.05. The van der Waals surface area contributed by atoms with Gasteiger partial charge in [-0.3, -0.25) is 9.69 Å². The van der Waals surface area contributed by atoms with E-state index in [4.69, 9.17) is 0 Å². The molecule has 0 saturated heterocycles. The zero-order valence-corrected chi connectivity index (χ0v) is 13.0. The van der Waals surface area contributed by atoms with Gasteiger partial charge in [0.25, 0.3) is 0 Å². The van der Waals surface area contributed by atoms with Crippen LogP contribution in [0, 0.1) is 0 Å². The van der Waals surface area contributed by atoms with E-state index < -0.39 is 0 Å². The number of amides is 1. The Kier molecular flexibility index (Phi) is 4.81. The molecule has 1 saturated carbocycles. The number of likely N-dealkylation sites (N-methyl/N-ethyl adjacent to an activating group) is 1. The molecule has 3 heteroatoms. The summed E-state index contributed by atoms with van der Waals surface area (Å²) < 4.78 is 0. The SMILES string of the molecule is CC(C)c1ccc(CN(C)[C@H](C)C(=O)NC2CC2)cc1. The molecule has 0 bridgehead atoms. The van der Waals surface area contributed by atoms with Crippen LogP contribution in [0.5, 0.6) is 0 Å². The van der Waals surface area contributed by atoms with E-state index >= 15 is 0 Å². The third kappa shape index (κ3) is 4.07. The van der Waals surface area contributed by atoms with Crippen molar-refractivity contribution in [1.82, 2.24) is 10.2 Å². The van der Waals surface area contributed by atoms with Gasteiger partial charge in [0, 0.05) is 12.6 Å². The van der Waals surface area contributed by atoms with Crippen molar-refractivity contribution in [1.29, 1.82) is 0 Å². The fourth-order valence-electron chi connectivity index (χ4n) is 2.18. The maximum atomic E-state index is 12.0. The topological polar surface area (TPSA) is 32.3 Å². The predicted molar refractivity (Wildman–Crippen MR) is 82.6 cm³/mol. The summed E-state index contributed by atoms with van der Waals surface area (Å²) in [6.45, 7) is 7.18. The van der Waals surface area contributed by atoms with Crippen LogP contribution in [0.25, 0.3) is 0 Å². The van der Waals surface area contributed by atoms with Crippen LogP contribution < -0.4 is 5.32 Å². The number of hydrogen-bond donors (Lipinski definition) is 1. The molecule has 0 heterocycles. The summed E-state index contributed by atoms with van der Waals surface area (Å²) in [5.74, 6) is 0.707. The van der Waals surface area contributed by atoms with E-state index in [9.17, 15) is 4.79 Å². The van der Waals surface area contributed by atoms with Crippen molar-refractivity contribution in [2.45, 2.75) is 58.2 Å². The average Bonchev–Trinajstić information content (AvgIpc) is 3.22. The van der Waals surface area contributed by atoms with Crippen molar-refractivity contribution in [3.05, 3.63) is 35.4 Å². The van der Waals surface area contributed by atoms with Gasteiger partial charge in [-0.2, -0.15) is 0 Å². The minimum Gasteiger partial charge on any atom is -0.352 e. The lowest BCUT2D eigenvalue weighted by Crippen LogP contribution is -2.43. The van der Waals surface area contributed by atoms with Crippen LogP contribution in [0.2, 0.25) is 0 Å². The number of hydrogen-bond acceptors (Lipinski definition) is 2. The van der Waals surface area contributed by atoms with Gasteiger partial charge in [0.1, 0.15) is 0 Å². The lowest BCUT2D eigenvalue weighted by Gasteiger charge is -2.24. The van der Waals surface area contributed by atoms with Gasteiger partial charge in [0.15, 0.2) is 0 Å². The van der Waals surface area contributed by atoms with Crippen molar-refractivity contribution in [3.63, 3.8) is 0 Å². The fraction of sp³-hybridized carbons (Fsp3) is 0.588. The molecule has 1 fully saturated rings. The van der Waals surface area contributed by atoms with E-state index in [1.165, 1.54) is 11.1 Å². The Hall–Kier alpha value is -1.35. The summed E-state index contributed by atoms with van der Waals surface area (Å²) in [5.41, 5.74) is 2.61. The maximum absolute atomic E-state index is 12.0. The van der Waals surface area contributed by atoms with Gasteiger partial charge in [0.05, 0.1) is 6.04 Å². The third-order valence-corrected chi connectivity index (χ3v) is 4.04. The lowest BCUT2D eigenvalue weighted by molar-refractivity contribution is -0.125. The van der Waals surface area contributed by atoms with Crippen molar-refractivity contribution >= 4 is 5.91 Å². The first-order valence-electron chi connectivity index (χ1n) is 7.57. The van der Waals surface area contributed by atoms with Gasteiger partial charge in [-0.25, -0.2) is 0 Å². The Labute approximate surface area is 122 Å². The molecule has 1 atom stereocenters. The quantitative estimate of drug-likeness (QED) is 0.865. The molecule has 0 radical (unpaired) electrons. The normalized spacial score (nSPS) is 16.5. The summed E-state index contributed by atoms with van der Waals surface area (Å²) >= 11 is 0. The van der Waals surface area contributed by atoms with E-state index in [2.05, 4.69) is 48.3 Å². The second-order valence-corrected chi connectivity index (χ2v) is 6.27. The minimum absolute atomic E-state index is 0.0830. The fourth-order valence-corrected chi connectivity index (χ4v) is 2.18. The third-order valence-electron chi connectivity index (χ3n) is 4.04. The average molecular weight is 274 g/mol. The van der Waals surface area contributed by atoms with Crippen LogP contribution in [0.1, 0.15) is 50.7 Å². The standard InChI is InChI=1S/C17H26N2O/c1-12(2)15-7-5-14(6-8-15)11-19(4)13(3)17(20)18-16-9-10-16/h5-8,12-13,16H,9-11H2,1-4H3,(H,18,20)/t13-/m1/s1. The molecular weight excluding hydrogens is 248 g/mol. The van der Waals surface area contributed by atoms with Crippen LogP contribution >= 0.6 is 0 Å². The number of benzene rings is 1. The smallest absolute Gasteiger partial charge is 0.237 e. The van der Waals surface area contributed by atoms with Crippen molar-refractivity contribution in [3.8, 4) is 0 Å². The largest absolute Gasteiger partial charge is 0.352 e. The van der Waals surface area contributed by atoms with Crippen molar-refractivity contribution in [2.75, 3.05) is 7.05 Å². The maximum Gasteiger partial charge on any atom is 0.237 e. The summed E-state index contributed by atoms with van der Waals surface area (Å²) in [4.78, 5) is 14.1. The Morgan fingerprint density at radius 3 is 2.35 bits per heavy atom. The molecule has 0 aromatic heterocycles.